The van der Waals surface area contributed by atoms with Gasteiger partial charge in [-0.25, -0.2) is 8.78 Å². The van der Waals surface area contributed by atoms with E-state index in [1.54, 1.807) is 24.4 Å². The van der Waals surface area contributed by atoms with Crippen LogP contribution in [0, 0.1) is 17.0 Å². The summed E-state index contributed by atoms with van der Waals surface area (Å²) in [4.78, 5) is 46.4. The largest absolute Gasteiger partial charge is 0.493 e. The molecular formula is C45H45F2N5O6S. The number of pyridine rings is 1. The van der Waals surface area contributed by atoms with Gasteiger partial charge in [0, 0.05) is 57.9 Å². The van der Waals surface area contributed by atoms with E-state index in [2.05, 4.69) is 20.6 Å². The maximum atomic E-state index is 15.4. The van der Waals surface area contributed by atoms with E-state index in [9.17, 15) is 18.8 Å². The summed E-state index contributed by atoms with van der Waals surface area (Å²) in [7, 11) is 1.54. The number of halogens is 2. The second kappa shape index (κ2) is 18.7. The van der Waals surface area contributed by atoms with E-state index in [1.165, 1.54) is 55.3 Å². The molecule has 0 radical (unpaired) electrons. The van der Waals surface area contributed by atoms with E-state index < -0.39 is 34.9 Å². The lowest BCUT2D eigenvalue weighted by molar-refractivity contribution is -0.131. The van der Waals surface area contributed by atoms with Crippen LogP contribution in [0.4, 0.5) is 20.2 Å². The van der Waals surface area contributed by atoms with Gasteiger partial charge in [0.1, 0.15) is 17.0 Å². The molecule has 6 aromatic rings. The highest BCUT2D eigenvalue weighted by Crippen LogP contribution is 2.48. The number of rotatable bonds is 19. The van der Waals surface area contributed by atoms with Gasteiger partial charge < -0.3 is 35.6 Å². The fourth-order valence-electron chi connectivity index (χ4n) is 6.80. The third kappa shape index (κ3) is 10.0. The molecule has 1 saturated carbocycles. The zero-order valence-corrected chi connectivity index (χ0v) is 33.3. The minimum absolute atomic E-state index is 0.0164. The van der Waals surface area contributed by atoms with Crippen molar-refractivity contribution in [1.29, 1.82) is 0 Å². The molecule has 1 atom stereocenters. The van der Waals surface area contributed by atoms with E-state index in [0.29, 0.717) is 59.7 Å². The van der Waals surface area contributed by atoms with Gasteiger partial charge in [0.2, 0.25) is 16.9 Å². The highest BCUT2D eigenvalue weighted by atomic mass is 32.2. The number of amides is 2. The molecule has 14 heteroatoms. The quantitative estimate of drug-likeness (QED) is 0.0462. The van der Waals surface area contributed by atoms with Crippen molar-refractivity contribution in [2.45, 2.75) is 57.4 Å². The molecule has 2 aromatic heterocycles. The smallest absolute Gasteiger partial charge is 0.240 e. The number of hydrogen-bond donors (Lipinski definition) is 4. The summed E-state index contributed by atoms with van der Waals surface area (Å²) in [5.41, 5.74) is 8.13. The Morgan fingerprint density at radius 3 is 2.32 bits per heavy atom. The van der Waals surface area contributed by atoms with Crippen LogP contribution in [-0.4, -0.2) is 52.4 Å². The number of carbonyl (C=O) groups excluding carboxylic acids is 3. The van der Waals surface area contributed by atoms with Gasteiger partial charge in [-0.3, -0.25) is 19.4 Å². The number of benzene rings is 4. The van der Waals surface area contributed by atoms with E-state index in [1.807, 2.05) is 30.5 Å². The molecule has 2 heterocycles. The Morgan fingerprint density at radius 1 is 0.831 bits per heavy atom. The first kappa shape index (κ1) is 41.2. The molecule has 306 valence electrons. The van der Waals surface area contributed by atoms with Crippen molar-refractivity contribution in [3.05, 3.63) is 115 Å². The number of carbonyl (C=O) groups is 3. The molecule has 4 aromatic carbocycles. The van der Waals surface area contributed by atoms with E-state index in [-0.39, 0.29) is 16.6 Å². The topological polar surface area (TPSA) is 158 Å². The van der Waals surface area contributed by atoms with Crippen LogP contribution in [0.2, 0.25) is 0 Å². The predicted molar refractivity (Wildman–Crippen MR) is 226 cm³/mol. The second-order valence-corrected chi connectivity index (χ2v) is 15.6. The van der Waals surface area contributed by atoms with Gasteiger partial charge in [-0.1, -0.05) is 49.2 Å². The SMILES string of the molecule is COc1cc2c(Oc3ccc(NC(=O)C4(C(=O)Nc5ccc(F)cc5)CC4)cc3F)ccnc2cc1OCCCCCCCSC(=O)[C@@H](N)Cc1c[nH]c2ccccc12. The fraction of sp³-hybridized carbons (Fsp3) is 0.289. The van der Waals surface area contributed by atoms with Gasteiger partial charge in [-0.05, 0) is 92.3 Å². The Morgan fingerprint density at radius 2 is 1.56 bits per heavy atom. The summed E-state index contributed by atoms with van der Waals surface area (Å²) in [5.74, 6) is -0.261. The number of nitrogens with one attached hydrogen (secondary N) is 3. The molecule has 1 aliphatic rings. The highest BCUT2D eigenvalue weighted by Gasteiger charge is 2.56. The number of aromatic nitrogens is 2. The standard InChI is InChI=1S/C45H45F2N5O6S/c1-56-40-25-33-37(26-41(40)57-21-7-3-2-4-8-22-59-42(53)35(48)23-28-27-50-36-10-6-5-9-32(28)36)49-20-17-38(33)58-39-16-15-31(24-34(39)47)52-44(55)45(18-19-45)43(54)51-30-13-11-29(46)12-14-30/h5-6,9-17,20,24-27,35,50H,2-4,7-8,18-19,21-23,48H2,1H3,(H,51,54)(H,52,55)/t35-/m0/s1. The number of thioether (sulfide) groups is 1. The number of ether oxygens (including phenoxy) is 3. The number of aromatic amines is 1. The Kier molecular flexibility index (Phi) is 13.1. The second-order valence-electron chi connectivity index (χ2n) is 14.5. The molecule has 0 aliphatic heterocycles. The molecule has 0 spiro atoms. The Balaban J connectivity index is 0.852. The minimum Gasteiger partial charge on any atom is -0.493 e. The molecule has 0 unspecified atom stereocenters. The zero-order chi connectivity index (χ0) is 41.4. The number of hydrogen-bond acceptors (Lipinski definition) is 9. The van der Waals surface area contributed by atoms with Crippen LogP contribution in [0.3, 0.4) is 0 Å². The summed E-state index contributed by atoms with van der Waals surface area (Å²) in [6.07, 6.45) is 9.39. The number of anilines is 2. The summed E-state index contributed by atoms with van der Waals surface area (Å²) in [5, 5.41) is 6.99. The number of para-hydroxylation sites is 1. The molecule has 7 rings (SSSR count). The first-order valence-corrected chi connectivity index (χ1v) is 20.5. The summed E-state index contributed by atoms with van der Waals surface area (Å²) in [6, 6.07) is 21.8. The monoisotopic (exact) mass is 821 g/mol. The first-order chi connectivity index (χ1) is 28.6. The lowest BCUT2D eigenvalue weighted by Gasteiger charge is -2.16. The number of nitrogens with two attached hydrogens (primary N) is 1. The van der Waals surface area contributed by atoms with Gasteiger partial charge in [-0.2, -0.15) is 0 Å². The van der Waals surface area contributed by atoms with Crippen molar-refractivity contribution in [1.82, 2.24) is 9.97 Å². The maximum absolute atomic E-state index is 15.4. The van der Waals surface area contributed by atoms with Crippen LogP contribution in [-0.2, 0) is 20.8 Å². The lowest BCUT2D eigenvalue weighted by Crippen LogP contribution is -2.35. The maximum Gasteiger partial charge on any atom is 0.240 e. The van der Waals surface area contributed by atoms with Crippen molar-refractivity contribution in [3.63, 3.8) is 0 Å². The van der Waals surface area contributed by atoms with E-state index in [0.717, 1.165) is 60.4 Å². The lowest BCUT2D eigenvalue weighted by atomic mass is 10.0. The van der Waals surface area contributed by atoms with E-state index in [4.69, 9.17) is 19.9 Å². The summed E-state index contributed by atoms with van der Waals surface area (Å²) < 4.78 is 46.3. The van der Waals surface area contributed by atoms with E-state index >= 15 is 4.39 Å². The Hall–Kier alpha value is -5.99. The van der Waals surface area contributed by atoms with Crippen molar-refractivity contribution < 1.29 is 37.4 Å². The van der Waals surface area contributed by atoms with Crippen LogP contribution < -0.4 is 30.6 Å². The molecule has 0 saturated heterocycles. The summed E-state index contributed by atoms with van der Waals surface area (Å²) in [6.45, 7) is 0.474. The third-order valence-electron chi connectivity index (χ3n) is 10.3. The Labute approximate surface area is 344 Å². The van der Waals surface area contributed by atoms with Crippen LogP contribution in [0.1, 0.15) is 50.5 Å². The molecular weight excluding hydrogens is 777 g/mol. The molecule has 59 heavy (non-hydrogen) atoms. The first-order valence-electron chi connectivity index (χ1n) is 19.6. The number of nitrogens with zero attached hydrogens (tertiary/aromatic N) is 1. The number of H-pyrrole nitrogens is 1. The van der Waals surface area contributed by atoms with Gasteiger partial charge in [0.15, 0.2) is 23.1 Å². The van der Waals surface area contributed by atoms with Gasteiger partial charge in [-0.15, -0.1) is 0 Å². The van der Waals surface area contributed by atoms with Crippen molar-refractivity contribution in [2.24, 2.45) is 11.1 Å². The predicted octanol–water partition coefficient (Wildman–Crippen LogP) is 9.31. The van der Waals surface area contributed by atoms with Crippen LogP contribution in [0.5, 0.6) is 23.0 Å². The number of methoxy groups -OCH3 is 1. The molecule has 11 nitrogen and oxygen atoms in total. The normalized spacial score (nSPS) is 13.5. The van der Waals surface area contributed by atoms with Crippen molar-refractivity contribution >= 4 is 61.9 Å². The fourth-order valence-corrected chi connectivity index (χ4v) is 7.65. The Bertz CT molecular complexity index is 2460. The van der Waals surface area contributed by atoms with Crippen LogP contribution >= 0.6 is 11.8 Å². The van der Waals surface area contributed by atoms with Crippen molar-refractivity contribution in [2.75, 3.05) is 30.1 Å². The minimum atomic E-state index is -1.29. The molecule has 0 bridgehead atoms. The van der Waals surface area contributed by atoms with Crippen LogP contribution in [0.25, 0.3) is 21.8 Å². The summed E-state index contributed by atoms with van der Waals surface area (Å²) >= 11 is 1.31. The number of fused-ring (bicyclic) bond motifs is 2. The van der Waals surface area contributed by atoms with Crippen molar-refractivity contribution in [3.8, 4) is 23.0 Å². The average Bonchev–Trinajstić information content (AvgIpc) is 3.97. The molecule has 1 aliphatic carbocycles. The highest BCUT2D eigenvalue weighted by molar-refractivity contribution is 8.13. The van der Waals surface area contributed by atoms with Gasteiger partial charge in [0.25, 0.3) is 0 Å². The van der Waals surface area contributed by atoms with Crippen LogP contribution in [0.15, 0.2) is 97.3 Å². The average molecular weight is 822 g/mol. The van der Waals surface area contributed by atoms with Gasteiger partial charge >= 0.3 is 0 Å². The zero-order valence-electron chi connectivity index (χ0n) is 32.5. The van der Waals surface area contributed by atoms with Gasteiger partial charge in [0.05, 0.1) is 25.3 Å². The number of unbranched alkanes of at least 4 members (excludes halogenated alkanes) is 4. The third-order valence-corrected chi connectivity index (χ3v) is 11.4. The molecule has 5 N–H and O–H groups in total. The molecule has 2 amide bonds. The molecule has 1 fully saturated rings.